The smallest absolute Gasteiger partial charge is 0.156 e. The van der Waals surface area contributed by atoms with E-state index in [4.69, 9.17) is 11.6 Å². The normalized spacial score (nSPS) is 19.0. The lowest BCUT2D eigenvalue weighted by atomic mass is 9.87. The summed E-state index contributed by atoms with van der Waals surface area (Å²) in [6.07, 6.45) is 1.31. The van der Waals surface area contributed by atoms with E-state index in [9.17, 15) is 4.39 Å². The minimum atomic E-state index is -0.452. The number of halogens is 2. The first-order valence-electron chi connectivity index (χ1n) is 3.16. The van der Waals surface area contributed by atoms with E-state index in [1.165, 1.54) is 6.42 Å². The van der Waals surface area contributed by atoms with E-state index in [-0.39, 0.29) is 5.03 Å². The van der Waals surface area contributed by atoms with E-state index >= 15 is 0 Å². The molecule has 0 atom stereocenters. The van der Waals surface area contributed by atoms with Crippen molar-refractivity contribution < 1.29 is 4.39 Å². The highest BCUT2D eigenvalue weighted by Gasteiger charge is 2.40. The van der Waals surface area contributed by atoms with E-state index in [2.05, 4.69) is 13.2 Å². The predicted molar refractivity (Wildman–Crippen MR) is 45.5 cm³/mol. The van der Waals surface area contributed by atoms with Crippen molar-refractivity contribution in [2.75, 3.05) is 0 Å². The van der Waals surface area contributed by atoms with Gasteiger partial charge in [0.1, 0.15) is 5.92 Å². The van der Waals surface area contributed by atoms with Gasteiger partial charge in [-0.15, -0.1) is 0 Å². The molecular weight excluding hydrogens is 163 g/mol. The Kier molecular flexibility index (Phi) is 2.01. The largest absolute Gasteiger partial charge is 0.308 e. The summed E-state index contributed by atoms with van der Waals surface area (Å²) in [7, 11) is 0. The Morgan fingerprint density at radius 3 is 2.64 bits per heavy atom. The van der Waals surface area contributed by atoms with Crippen LogP contribution in [0.25, 0.3) is 0 Å². The second kappa shape index (κ2) is 2.67. The van der Waals surface area contributed by atoms with Crippen LogP contribution in [-0.2, 0) is 0 Å². The van der Waals surface area contributed by atoms with Crippen LogP contribution >= 0.6 is 11.6 Å². The molecular formula is C9H8ClF+2. The summed E-state index contributed by atoms with van der Waals surface area (Å²) in [5, 5.41) is 0.0925. The minimum Gasteiger partial charge on any atom is -0.156 e. The molecule has 0 nitrogen and oxygen atoms in total. The van der Waals surface area contributed by atoms with Crippen molar-refractivity contribution in [2.45, 2.75) is 6.92 Å². The molecule has 0 unspecified atom stereocenters. The van der Waals surface area contributed by atoms with Crippen molar-refractivity contribution in [3.63, 3.8) is 0 Å². The Balaban J connectivity index is 3.04. The topological polar surface area (TPSA) is 0 Å². The average Bonchev–Trinajstić information content (AvgIpc) is 1.97. The maximum Gasteiger partial charge on any atom is 0.308 e. The molecule has 0 heterocycles. The monoisotopic (exact) mass is 170 g/mol. The summed E-state index contributed by atoms with van der Waals surface area (Å²) < 4.78 is 12.8. The molecule has 1 aliphatic rings. The van der Waals surface area contributed by atoms with Crippen LogP contribution in [0.1, 0.15) is 6.92 Å². The van der Waals surface area contributed by atoms with E-state index in [1.54, 1.807) is 0 Å². The van der Waals surface area contributed by atoms with Crippen LogP contribution in [0.4, 0.5) is 4.39 Å². The zero-order valence-corrected chi connectivity index (χ0v) is 7.00. The van der Waals surface area contributed by atoms with Gasteiger partial charge in [-0.05, 0) is 6.58 Å². The molecule has 0 aromatic rings. The van der Waals surface area contributed by atoms with Gasteiger partial charge in [-0.3, -0.25) is 0 Å². The Labute approximate surface area is 71.1 Å². The third kappa shape index (κ3) is 1.29. The molecule has 0 amide bonds. The third-order valence-corrected chi connectivity index (χ3v) is 2.12. The van der Waals surface area contributed by atoms with Crippen LogP contribution in [-0.4, -0.2) is 0 Å². The standard InChI is InChI=1S/C9H8ClF/c1-5-4-8(11)9(10)7(3)6(5)2/h4H,1,3H2,2H3/q+2. The highest BCUT2D eigenvalue weighted by atomic mass is 35.5. The van der Waals surface area contributed by atoms with Gasteiger partial charge in [0.2, 0.25) is 10.6 Å². The maximum absolute atomic E-state index is 12.8. The molecule has 0 bridgehead atoms. The average molecular weight is 171 g/mol. The Morgan fingerprint density at radius 1 is 1.55 bits per heavy atom. The van der Waals surface area contributed by atoms with Crippen molar-refractivity contribution in [3.05, 3.63) is 47.5 Å². The molecule has 1 rings (SSSR count). The van der Waals surface area contributed by atoms with Crippen molar-refractivity contribution in [1.82, 2.24) is 0 Å². The molecule has 0 saturated carbocycles. The number of allylic oxidation sites excluding steroid dienone is 4. The van der Waals surface area contributed by atoms with Crippen LogP contribution in [0.2, 0.25) is 0 Å². The molecule has 56 valence electrons. The molecule has 0 aromatic heterocycles. The molecule has 0 N–H and O–H groups in total. The summed E-state index contributed by atoms with van der Waals surface area (Å²) in [6, 6.07) is 0. The van der Waals surface area contributed by atoms with E-state index < -0.39 is 5.83 Å². The molecule has 2 heteroatoms. The molecule has 0 saturated heterocycles. The lowest BCUT2D eigenvalue weighted by molar-refractivity contribution is 0.642. The third-order valence-electron chi connectivity index (χ3n) is 1.71. The summed E-state index contributed by atoms with van der Waals surface area (Å²) in [6.45, 7) is 9.09. The van der Waals surface area contributed by atoms with Gasteiger partial charge in [-0.2, -0.15) is 4.39 Å². The summed E-state index contributed by atoms with van der Waals surface area (Å²) >= 11 is 5.59. The lowest BCUT2D eigenvalue weighted by Crippen LogP contribution is -2.07. The highest BCUT2D eigenvalue weighted by Crippen LogP contribution is 2.38. The van der Waals surface area contributed by atoms with Crippen molar-refractivity contribution in [3.8, 4) is 0 Å². The van der Waals surface area contributed by atoms with Gasteiger partial charge in [0.05, 0.1) is 6.58 Å². The lowest BCUT2D eigenvalue weighted by Gasteiger charge is -2.05. The quantitative estimate of drug-likeness (QED) is 0.490. The molecule has 0 aromatic carbocycles. The van der Waals surface area contributed by atoms with Crippen LogP contribution < -0.4 is 0 Å². The molecule has 0 radical (unpaired) electrons. The number of hydrogen-bond donors (Lipinski definition) is 0. The molecule has 11 heavy (non-hydrogen) atoms. The fourth-order valence-corrected chi connectivity index (χ4v) is 1.02. The molecule has 0 fully saturated rings. The van der Waals surface area contributed by atoms with Crippen molar-refractivity contribution in [2.24, 2.45) is 0 Å². The van der Waals surface area contributed by atoms with Gasteiger partial charge in [-0.1, -0.05) is 0 Å². The van der Waals surface area contributed by atoms with Gasteiger partial charge in [0.15, 0.2) is 12.0 Å². The molecule has 0 spiro atoms. The number of hydrogen-bond acceptors (Lipinski definition) is 0. The van der Waals surface area contributed by atoms with Gasteiger partial charge < -0.3 is 0 Å². The predicted octanol–water partition coefficient (Wildman–Crippen LogP) is 3.33. The summed E-state index contributed by atoms with van der Waals surface area (Å²) in [4.78, 5) is 0. The Bertz CT molecular complexity index is 250. The summed E-state index contributed by atoms with van der Waals surface area (Å²) in [5.74, 6) is 0.392. The van der Waals surface area contributed by atoms with Gasteiger partial charge in [0, 0.05) is 18.5 Å². The fraction of sp³-hybridized carbons (Fsp3) is 0.111. The maximum atomic E-state index is 12.8. The van der Waals surface area contributed by atoms with Crippen molar-refractivity contribution >= 4 is 11.6 Å². The summed E-state index contributed by atoms with van der Waals surface area (Å²) in [5.41, 5.74) is 1.16. The van der Waals surface area contributed by atoms with Crippen LogP contribution in [0.3, 0.4) is 0 Å². The van der Waals surface area contributed by atoms with Crippen LogP contribution in [0.5, 0.6) is 0 Å². The highest BCUT2D eigenvalue weighted by molar-refractivity contribution is 6.33. The first kappa shape index (κ1) is 8.28. The molecule has 1 aliphatic carbocycles. The second-order valence-corrected chi connectivity index (χ2v) is 2.81. The van der Waals surface area contributed by atoms with Gasteiger partial charge in [0.25, 0.3) is 0 Å². The second-order valence-electron chi connectivity index (χ2n) is 2.44. The zero-order valence-electron chi connectivity index (χ0n) is 6.25. The minimum absolute atomic E-state index is 0.0925. The zero-order chi connectivity index (χ0) is 8.59. The van der Waals surface area contributed by atoms with Crippen LogP contribution in [0, 0.1) is 12.3 Å². The first-order valence-corrected chi connectivity index (χ1v) is 3.54. The van der Waals surface area contributed by atoms with Crippen LogP contribution in [0.15, 0.2) is 35.2 Å². The Hall–Kier alpha value is -0.820. The van der Waals surface area contributed by atoms with E-state index in [1.807, 2.05) is 6.92 Å². The van der Waals surface area contributed by atoms with E-state index in [0.29, 0.717) is 11.1 Å². The Morgan fingerprint density at radius 2 is 2.09 bits per heavy atom. The number of rotatable bonds is 0. The fourth-order valence-electron chi connectivity index (χ4n) is 0.827. The van der Waals surface area contributed by atoms with Gasteiger partial charge >= 0.3 is 5.83 Å². The molecule has 0 aliphatic heterocycles. The SMILES string of the molecule is C=C1[CH+]C(F)=C(Cl)C(=C)[C+]1C. The van der Waals surface area contributed by atoms with Crippen molar-refractivity contribution in [1.29, 1.82) is 0 Å². The first-order chi connectivity index (χ1) is 5.04. The van der Waals surface area contributed by atoms with E-state index in [0.717, 1.165) is 5.92 Å². The van der Waals surface area contributed by atoms with Gasteiger partial charge in [-0.25, -0.2) is 0 Å².